The molecular weight excluding hydrogens is 358 g/mol. The van der Waals surface area contributed by atoms with E-state index in [1.54, 1.807) is 11.8 Å². The molecule has 0 radical (unpaired) electrons. The molecule has 0 spiro atoms. The lowest BCUT2D eigenvalue weighted by Crippen LogP contribution is -2.50. The van der Waals surface area contributed by atoms with Crippen LogP contribution in [0, 0.1) is 6.92 Å². The Labute approximate surface area is 166 Å². The second-order valence-corrected chi connectivity index (χ2v) is 8.29. The minimum absolute atomic E-state index is 0.0554. The van der Waals surface area contributed by atoms with Crippen LogP contribution >= 0.6 is 0 Å². The van der Waals surface area contributed by atoms with Crippen molar-refractivity contribution in [2.75, 3.05) is 26.7 Å². The smallest absolute Gasteiger partial charge is 0.411 e. The number of hydrogen-bond donors (Lipinski definition) is 0. The van der Waals surface area contributed by atoms with Crippen molar-refractivity contribution >= 4 is 12.0 Å². The third-order valence-electron chi connectivity index (χ3n) is 6.70. The number of hydrogen-bond acceptors (Lipinski definition) is 5. The molecule has 0 N–H and O–H groups in total. The van der Waals surface area contributed by atoms with Crippen LogP contribution in [0.25, 0.3) is 0 Å². The van der Waals surface area contributed by atoms with E-state index in [9.17, 15) is 9.59 Å². The molecule has 0 aliphatic carbocycles. The Morgan fingerprint density at radius 2 is 1.93 bits per heavy atom. The van der Waals surface area contributed by atoms with Crippen LogP contribution < -0.4 is 0 Å². The first kappa shape index (κ1) is 19.3. The van der Waals surface area contributed by atoms with Gasteiger partial charge in [0, 0.05) is 25.2 Å². The van der Waals surface area contributed by atoms with E-state index in [0.29, 0.717) is 31.5 Å². The van der Waals surface area contributed by atoms with Crippen molar-refractivity contribution in [3.05, 3.63) is 23.7 Å². The van der Waals surface area contributed by atoms with E-state index in [0.717, 1.165) is 37.5 Å². The minimum atomic E-state index is -0.476. The Kier molecular flexibility index (Phi) is 5.36. The SMILES string of the molecule is CCOC(=O)N1C(C(=O)N2CCC3CCC(C2)N3C)CCC1c1ccc(C)o1. The van der Waals surface area contributed by atoms with Gasteiger partial charge in [-0.25, -0.2) is 4.79 Å². The predicted octanol–water partition coefficient (Wildman–Crippen LogP) is 2.95. The highest BCUT2D eigenvalue weighted by atomic mass is 16.6. The van der Waals surface area contributed by atoms with Crippen LogP contribution in [-0.4, -0.2) is 71.6 Å². The predicted molar refractivity (Wildman–Crippen MR) is 104 cm³/mol. The maximum Gasteiger partial charge on any atom is 0.411 e. The first-order chi connectivity index (χ1) is 13.5. The van der Waals surface area contributed by atoms with Crippen molar-refractivity contribution in [1.29, 1.82) is 0 Å². The number of rotatable bonds is 3. The molecule has 4 rings (SSSR count). The molecule has 7 nitrogen and oxygen atoms in total. The number of likely N-dealkylation sites (N-methyl/N-ethyl adjacent to an activating group) is 1. The summed E-state index contributed by atoms with van der Waals surface area (Å²) in [6.07, 6.45) is 4.30. The second kappa shape index (κ2) is 7.78. The minimum Gasteiger partial charge on any atom is -0.464 e. The molecule has 2 amide bonds. The molecule has 2 bridgehead atoms. The highest BCUT2D eigenvalue weighted by Gasteiger charge is 2.46. The van der Waals surface area contributed by atoms with E-state index in [1.807, 2.05) is 24.0 Å². The molecule has 3 aliphatic rings. The number of carbonyl (C=O) groups excluding carboxylic acids is 2. The number of fused-ring (bicyclic) bond motifs is 2. The monoisotopic (exact) mass is 389 g/mol. The third-order valence-corrected chi connectivity index (χ3v) is 6.70. The number of likely N-dealkylation sites (tertiary alicyclic amines) is 2. The number of nitrogens with zero attached hydrogens (tertiary/aromatic N) is 3. The zero-order valence-corrected chi connectivity index (χ0v) is 17.1. The average molecular weight is 389 g/mol. The van der Waals surface area contributed by atoms with Crippen molar-refractivity contribution < 1.29 is 18.7 Å². The normalized spacial score (nSPS) is 30.5. The van der Waals surface area contributed by atoms with Gasteiger partial charge in [0.05, 0.1) is 12.6 Å². The summed E-state index contributed by atoms with van der Waals surface area (Å²) in [6.45, 7) is 5.49. The molecule has 3 saturated heterocycles. The van der Waals surface area contributed by atoms with Crippen LogP contribution in [0.1, 0.15) is 56.6 Å². The van der Waals surface area contributed by atoms with Crippen molar-refractivity contribution in [3.8, 4) is 0 Å². The average Bonchev–Trinajstić information content (AvgIpc) is 3.33. The van der Waals surface area contributed by atoms with Gasteiger partial charge in [-0.05, 0) is 65.1 Å². The van der Waals surface area contributed by atoms with Crippen LogP contribution in [0.2, 0.25) is 0 Å². The summed E-state index contributed by atoms with van der Waals surface area (Å²) in [4.78, 5) is 32.3. The summed E-state index contributed by atoms with van der Waals surface area (Å²) < 4.78 is 11.1. The van der Waals surface area contributed by atoms with Crippen LogP contribution in [-0.2, 0) is 9.53 Å². The number of carbonyl (C=O) groups is 2. The van der Waals surface area contributed by atoms with Crippen LogP contribution in [0.3, 0.4) is 0 Å². The third kappa shape index (κ3) is 3.41. The van der Waals surface area contributed by atoms with Gasteiger partial charge in [0.1, 0.15) is 17.6 Å². The van der Waals surface area contributed by atoms with Gasteiger partial charge in [0.15, 0.2) is 0 Å². The molecule has 3 aliphatic heterocycles. The second-order valence-electron chi connectivity index (χ2n) is 8.29. The van der Waals surface area contributed by atoms with E-state index < -0.39 is 12.1 Å². The molecule has 1 aromatic heterocycles. The van der Waals surface area contributed by atoms with Crippen LogP contribution in [0.15, 0.2) is 16.5 Å². The summed E-state index contributed by atoms with van der Waals surface area (Å²) in [5.41, 5.74) is 0. The summed E-state index contributed by atoms with van der Waals surface area (Å²) in [6, 6.07) is 4.08. The van der Waals surface area contributed by atoms with Crippen LogP contribution in [0.5, 0.6) is 0 Å². The zero-order chi connectivity index (χ0) is 19.8. The van der Waals surface area contributed by atoms with Crippen molar-refractivity contribution in [2.24, 2.45) is 0 Å². The molecular formula is C21H31N3O4. The number of furan rings is 1. The molecule has 0 saturated carbocycles. The van der Waals surface area contributed by atoms with Crippen molar-refractivity contribution in [1.82, 2.24) is 14.7 Å². The Bertz CT molecular complexity index is 733. The Morgan fingerprint density at radius 1 is 1.14 bits per heavy atom. The molecule has 4 unspecified atom stereocenters. The maximum atomic E-state index is 13.5. The molecule has 7 heteroatoms. The van der Waals surface area contributed by atoms with Gasteiger partial charge in [-0.2, -0.15) is 0 Å². The highest BCUT2D eigenvalue weighted by molar-refractivity contribution is 5.86. The lowest BCUT2D eigenvalue weighted by Gasteiger charge is -2.33. The van der Waals surface area contributed by atoms with Crippen LogP contribution in [0.4, 0.5) is 4.79 Å². The molecule has 154 valence electrons. The topological polar surface area (TPSA) is 66.2 Å². The lowest BCUT2D eigenvalue weighted by atomic mass is 10.1. The highest BCUT2D eigenvalue weighted by Crippen LogP contribution is 2.39. The molecule has 3 fully saturated rings. The van der Waals surface area contributed by atoms with Crippen molar-refractivity contribution in [2.45, 2.75) is 70.1 Å². The van der Waals surface area contributed by atoms with E-state index in [1.165, 1.54) is 6.42 Å². The van der Waals surface area contributed by atoms with Gasteiger partial charge in [0.25, 0.3) is 0 Å². The number of amides is 2. The summed E-state index contributed by atoms with van der Waals surface area (Å²) in [5.74, 6) is 1.59. The molecule has 28 heavy (non-hydrogen) atoms. The van der Waals surface area contributed by atoms with Gasteiger partial charge in [0.2, 0.25) is 5.91 Å². The Hall–Kier alpha value is -2.02. The van der Waals surface area contributed by atoms with Gasteiger partial charge >= 0.3 is 6.09 Å². The Balaban J connectivity index is 1.55. The van der Waals surface area contributed by atoms with E-state index in [2.05, 4.69) is 11.9 Å². The van der Waals surface area contributed by atoms with Gasteiger partial charge in [-0.3, -0.25) is 14.6 Å². The first-order valence-electron chi connectivity index (χ1n) is 10.5. The van der Waals surface area contributed by atoms with E-state index in [4.69, 9.17) is 9.15 Å². The van der Waals surface area contributed by atoms with Gasteiger partial charge in [-0.15, -0.1) is 0 Å². The first-order valence-corrected chi connectivity index (χ1v) is 10.5. The fourth-order valence-electron chi connectivity index (χ4n) is 5.14. The number of aryl methyl sites for hydroxylation is 1. The van der Waals surface area contributed by atoms with E-state index >= 15 is 0 Å². The van der Waals surface area contributed by atoms with Gasteiger partial charge in [-0.1, -0.05) is 0 Å². The molecule has 1 aromatic rings. The van der Waals surface area contributed by atoms with E-state index in [-0.39, 0.29) is 11.9 Å². The summed E-state index contributed by atoms with van der Waals surface area (Å²) >= 11 is 0. The lowest BCUT2D eigenvalue weighted by molar-refractivity contribution is -0.136. The standard InChI is InChI=1S/C21H31N3O4/c1-4-27-21(26)24-17(19-10-5-14(2)28-19)8-9-18(24)20(25)23-12-11-15-6-7-16(13-23)22(15)3/h5,10,15-18H,4,6-9,11-13H2,1-3H3. The van der Waals surface area contributed by atoms with Crippen molar-refractivity contribution in [3.63, 3.8) is 0 Å². The molecule has 4 heterocycles. The summed E-state index contributed by atoms with van der Waals surface area (Å²) in [5, 5.41) is 0. The Morgan fingerprint density at radius 3 is 2.64 bits per heavy atom. The molecule has 4 atom stereocenters. The summed E-state index contributed by atoms with van der Waals surface area (Å²) in [7, 11) is 2.17. The zero-order valence-electron chi connectivity index (χ0n) is 17.1. The maximum absolute atomic E-state index is 13.5. The molecule has 0 aromatic carbocycles. The largest absolute Gasteiger partial charge is 0.464 e. The fourth-order valence-corrected chi connectivity index (χ4v) is 5.14. The number of ether oxygens (including phenoxy) is 1. The van der Waals surface area contributed by atoms with Gasteiger partial charge < -0.3 is 14.1 Å². The quantitative estimate of drug-likeness (QED) is 0.795. The fraction of sp³-hybridized carbons (Fsp3) is 0.714.